The molecule has 0 spiro atoms. The van der Waals surface area contributed by atoms with Gasteiger partial charge in [-0.15, -0.1) is 0 Å². The number of benzene rings is 3. The maximum atomic E-state index is 13.3. The van der Waals surface area contributed by atoms with Crippen molar-refractivity contribution in [1.82, 2.24) is 10.6 Å². The van der Waals surface area contributed by atoms with Crippen LogP contribution in [0, 0.1) is 11.8 Å². The van der Waals surface area contributed by atoms with Crippen molar-refractivity contribution in [2.75, 3.05) is 36.6 Å². The summed E-state index contributed by atoms with van der Waals surface area (Å²) in [7, 11) is 0. The SMILES string of the molecule is CP(O)(=S)OCCCCCCNC(=O)OCc1ccc(NC(=O)CNC(=O)CCCCC(=O)N2Cc3ccccc3C#Cc3ccccc32)cc1. The Morgan fingerprint density at radius 2 is 1.51 bits per heavy atom. The summed E-state index contributed by atoms with van der Waals surface area (Å²) in [6.45, 7) is 0.188. The normalized spacial score (nSPS) is 12.8. The van der Waals surface area contributed by atoms with Crippen LogP contribution in [0.5, 0.6) is 0 Å². The molecule has 1 unspecified atom stereocenters. The summed E-state index contributed by atoms with van der Waals surface area (Å²) in [5.74, 6) is 5.74. The van der Waals surface area contributed by atoms with E-state index in [1.165, 1.54) is 6.66 Å². The van der Waals surface area contributed by atoms with Gasteiger partial charge in [0.2, 0.25) is 17.7 Å². The second-order valence-electron chi connectivity index (χ2n) is 12.2. The lowest BCUT2D eigenvalue weighted by Crippen LogP contribution is -2.33. The van der Waals surface area contributed by atoms with E-state index < -0.39 is 12.6 Å². The molecular formula is C38H45N4O7PS. The highest BCUT2D eigenvalue weighted by atomic mass is 32.5. The Kier molecular flexibility index (Phi) is 15.7. The highest BCUT2D eigenvalue weighted by Gasteiger charge is 2.21. The molecule has 51 heavy (non-hydrogen) atoms. The highest BCUT2D eigenvalue weighted by Crippen LogP contribution is 2.37. The molecule has 270 valence electrons. The second-order valence-corrected chi connectivity index (χ2v) is 16.1. The molecule has 1 atom stereocenters. The van der Waals surface area contributed by atoms with E-state index in [0.717, 1.165) is 53.6 Å². The van der Waals surface area contributed by atoms with Gasteiger partial charge in [0.1, 0.15) is 6.61 Å². The minimum atomic E-state index is -2.59. The average Bonchev–Trinajstić information content (AvgIpc) is 3.10. The Morgan fingerprint density at radius 1 is 0.824 bits per heavy atom. The number of fused-ring (bicyclic) bond motifs is 2. The van der Waals surface area contributed by atoms with E-state index in [4.69, 9.17) is 21.1 Å². The Morgan fingerprint density at radius 3 is 2.29 bits per heavy atom. The number of unbranched alkanes of at least 4 members (excludes halogenated alkanes) is 4. The quantitative estimate of drug-likeness (QED) is 0.0710. The molecule has 1 aliphatic rings. The van der Waals surface area contributed by atoms with Crippen molar-refractivity contribution in [2.45, 2.75) is 64.5 Å². The van der Waals surface area contributed by atoms with Gasteiger partial charge in [-0.3, -0.25) is 14.4 Å². The van der Waals surface area contributed by atoms with E-state index in [1.54, 1.807) is 29.2 Å². The van der Waals surface area contributed by atoms with Gasteiger partial charge in [0.25, 0.3) is 0 Å². The predicted octanol–water partition coefficient (Wildman–Crippen LogP) is 5.98. The first kappa shape index (κ1) is 39.3. The molecule has 3 aromatic carbocycles. The summed E-state index contributed by atoms with van der Waals surface area (Å²) in [4.78, 5) is 61.4. The van der Waals surface area contributed by atoms with Gasteiger partial charge in [-0.1, -0.05) is 67.1 Å². The number of carbonyl (C=O) groups excluding carboxylic acids is 4. The molecule has 0 fully saturated rings. The average molecular weight is 733 g/mol. The molecule has 0 radical (unpaired) electrons. The molecule has 0 saturated carbocycles. The third-order valence-electron chi connectivity index (χ3n) is 7.94. The van der Waals surface area contributed by atoms with Gasteiger partial charge in [-0.05, 0) is 78.9 Å². The van der Waals surface area contributed by atoms with Crippen LogP contribution in [0.25, 0.3) is 0 Å². The first-order valence-electron chi connectivity index (χ1n) is 17.1. The zero-order chi connectivity index (χ0) is 36.5. The van der Waals surface area contributed by atoms with Crippen LogP contribution in [-0.2, 0) is 48.6 Å². The first-order chi connectivity index (χ1) is 24.6. The number of amides is 4. The van der Waals surface area contributed by atoms with E-state index in [-0.39, 0.29) is 43.7 Å². The summed E-state index contributed by atoms with van der Waals surface area (Å²) in [5.41, 5.74) is 4.77. The van der Waals surface area contributed by atoms with Crippen LogP contribution in [0.2, 0.25) is 0 Å². The van der Waals surface area contributed by atoms with Crippen LogP contribution in [0.3, 0.4) is 0 Å². The molecular weight excluding hydrogens is 687 g/mol. The number of nitrogens with zero attached hydrogens (tertiary/aromatic N) is 1. The van der Waals surface area contributed by atoms with Crippen molar-refractivity contribution < 1.29 is 33.3 Å². The van der Waals surface area contributed by atoms with Gasteiger partial charge >= 0.3 is 6.09 Å². The standard InChI is InChI=1S/C38H45N4O7PS/c1-50(47,51)49-25-11-3-2-10-24-39-38(46)48-28-29-18-22-33(23-19-29)41-36(44)26-40-35(43)16-8-9-17-37(45)42-27-32-14-5-4-12-30(32)20-21-31-13-6-7-15-34(31)42/h4-7,12-15,18-19,22-23H,2-3,8-11,16-17,24-28H2,1H3,(H,39,46)(H,40,43)(H,41,44)(H,47,51). The van der Waals surface area contributed by atoms with Crippen molar-refractivity contribution in [3.8, 4) is 11.8 Å². The lowest BCUT2D eigenvalue weighted by molar-refractivity contribution is -0.124. The minimum Gasteiger partial charge on any atom is -0.445 e. The van der Waals surface area contributed by atoms with E-state index in [0.29, 0.717) is 38.2 Å². The summed E-state index contributed by atoms with van der Waals surface area (Å²) >= 11 is 4.83. The van der Waals surface area contributed by atoms with E-state index in [2.05, 4.69) is 27.8 Å². The van der Waals surface area contributed by atoms with Gasteiger partial charge in [0.05, 0.1) is 25.4 Å². The summed E-state index contributed by atoms with van der Waals surface area (Å²) in [6.07, 6.45) is 4.42. The smallest absolute Gasteiger partial charge is 0.407 e. The molecule has 1 heterocycles. The van der Waals surface area contributed by atoms with Crippen molar-refractivity contribution in [1.29, 1.82) is 0 Å². The lowest BCUT2D eigenvalue weighted by Gasteiger charge is -2.26. The second kappa shape index (κ2) is 20.4. The predicted molar refractivity (Wildman–Crippen MR) is 202 cm³/mol. The number of anilines is 2. The Labute approximate surface area is 304 Å². The van der Waals surface area contributed by atoms with Crippen LogP contribution in [0.4, 0.5) is 16.2 Å². The maximum Gasteiger partial charge on any atom is 0.407 e. The van der Waals surface area contributed by atoms with Gasteiger partial charge < -0.3 is 35.0 Å². The van der Waals surface area contributed by atoms with E-state index in [1.807, 2.05) is 48.5 Å². The van der Waals surface area contributed by atoms with Gasteiger partial charge in [0.15, 0.2) is 6.49 Å². The van der Waals surface area contributed by atoms with Gasteiger partial charge in [0, 0.05) is 42.9 Å². The first-order valence-corrected chi connectivity index (χ1v) is 20.2. The largest absolute Gasteiger partial charge is 0.445 e. The van der Waals surface area contributed by atoms with Gasteiger partial charge in [-0.25, -0.2) is 4.79 Å². The molecule has 13 heteroatoms. The third kappa shape index (κ3) is 14.3. The molecule has 0 aromatic heterocycles. The van der Waals surface area contributed by atoms with Crippen LogP contribution in [0.15, 0.2) is 72.8 Å². The summed E-state index contributed by atoms with van der Waals surface area (Å²) < 4.78 is 10.4. The molecule has 11 nitrogen and oxygen atoms in total. The van der Waals surface area contributed by atoms with Crippen molar-refractivity contribution >= 4 is 53.5 Å². The molecule has 4 rings (SSSR count). The van der Waals surface area contributed by atoms with Crippen molar-refractivity contribution in [3.63, 3.8) is 0 Å². The third-order valence-corrected chi connectivity index (χ3v) is 8.92. The van der Waals surface area contributed by atoms with E-state index >= 15 is 0 Å². The van der Waals surface area contributed by atoms with Crippen molar-refractivity contribution in [2.24, 2.45) is 0 Å². The van der Waals surface area contributed by atoms with Crippen molar-refractivity contribution in [3.05, 3.63) is 95.1 Å². The fourth-order valence-electron chi connectivity index (χ4n) is 5.27. The zero-order valence-corrected chi connectivity index (χ0v) is 30.5. The maximum absolute atomic E-state index is 13.3. The van der Waals surface area contributed by atoms with Crippen LogP contribution in [-0.4, -0.2) is 55.1 Å². The molecule has 4 amide bonds. The number of hydrogen-bond donors (Lipinski definition) is 4. The number of alkyl carbamates (subject to hydrolysis) is 1. The molecule has 4 N–H and O–H groups in total. The molecule has 0 aliphatic carbocycles. The number of carbonyl (C=O) groups is 4. The fraction of sp³-hybridized carbons (Fsp3) is 0.368. The highest BCUT2D eigenvalue weighted by molar-refractivity contribution is 8.09. The van der Waals surface area contributed by atoms with Crippen LogP contribution in [0.1, 0.15) is 73.6 Å². The molecule has 0 bridgehead atoms. The fourth-order valence-corrected chi connectivity index (χ4v) is 5.96. The molecule has 1 aliphatic heterocycles. The lowest BCUT2D eigenvalue weighted by atomic mass is 10.0. The number of ether oxygens (including phenoxy) is 1. The van der Waals surface area contributed by atoms with Gasteiger partial charge in [-0.2, -0.15) is 0 Å². The zero-order valence-electron chi connectivity index (χ0n) is 28.8. The Hall–Kier alpha value is -4.53. The topological polar surface area (TPSA) is 146 Å². The summed E-state index contributed by atoms with van der Waals surface area (Å²) in [5, 5.41) is 8.09. The van der Waals surface area contributed by atoms with Crippen LogP contribution < -0.4 is 20.9 Å². The Balaban J connectivity index is 1.07. The minimum absolute atomic E-state index is 0.0336. The number of nitrogens with one attached hydrogen (secondary N) is 3. The molecule has 3 aromatic rings. The number of hydrogen-bond acceptors (Lipinski definition) is 7. The monoisotopic (exact) mass is 732 g/mol. The number of rotatable bonds is 18. The van der Waals surface area contributed by atoms with E-state index in [9.17, 15) is 24.1 Å². The number of para-hydroxylation sites is 1. The summed E-state index contributed by atoms with van der Waals surface area (Å²) in [6, 6.07) is 22.3. The Bertz CT molecular complexity index is 1770. The molecule has 0 saturated heterocycles. The van der Waals surface area contributed by atoms with Crippen LogP contribution >= 0.6 is 6.49 Å².